The summed E-state index contributed by atoms with van der Waals surface area (Å²) in [5, 5.41) is 11.0. The van der Waals surface area contributed by atoms with Crippen LogP contribution in [0.3, 0.4) is 0 Å². The number of hydrogen-bond donors (Lipinski definition) is 1. The highest BCUT2D eigenvalue weighted by atomic mass is 79.9. The maximum absolute atomic E-state index is 13.5. The second-order valence-electron chi connectivity index (χ2n) is 5.39. The second kappa shape index (κ2) is 7.91. The van der Waals surface area contributed by atoms with Crippen molar-refractivity contribution in [2.24, 2.45) is 4.99 Å². The number of aliphatic imine (C=N–C) groups is 1. The number of alkyl halides is 3. The van der Waals surface area contributed by atoms with Crippen molar-refractivity contribution in [3.05, 3.63) is 58.8 Å². The van der Waals surface area contributed by atoms with E-state index in [0.717, 1.165) is 16.9 Å². The van der Waals surface area contributed by atoms with E-state index in [4.69, 9.17) is 4.74 Å². The zero-order chi connectivity index (χ0) is 19.6. The third kappa shape index (κ3) is 3.72. The van der Waals surface area contributed by atoms with Crippen molar-refractivity contribution in [2.75, 3.05) is 12.4 Å². The molecule has 0 amide bonds. The van der Waals surface area contributed by atoms with Crippen LogP contribution in [0.5, 0.6) is 0 Å². The van der Waals surface area contributed by atoms with Gasteiger partial charge < -0.3 is 10.1 Å². The minimum absolute atomic E-state index is 0.0172. The molecule has 0 spiro atoms. The van der Waals surface area contributed by atoms with Gasteiger partial charge in [0.15, 0.2) is 0 Å². The topological polar surface area (TPSA) is 81.4 Å². The van der Waals surface area contributed by atoms with Crippen molar-refractivity contribution < 1.29 is 22.7 Å². The van der Waals surface area contributed by atoms with E-state index in [-0.39, 0.29) is 22.4 Å². The van der Waals surface area contributed by atoms with Crippen LogP contribution in [0.4, 0.5) is 13.2 Å². The lowest BCUT2D eigenvalue weighted by Gasteiger charge is -2.27. The van der Waals surface area contributed by atoms with Gasteiger partial charge in [-0.2, -0.15) is 10.2 Å². The second-order valence-corrected chi connectivity index (χ2v) is 5.95. The molecule has 0 radical (unpaired) electrons. The molecular weight excluding hydrogens is 431 g/mol. The summed E-state index contributed by atoms with van der Waals surface area (Å²) < 4.78 is 45.4. The number of benzene rings is 1. The van der Waals surface area contributed by atoms with Crippen molar-refractivity contribution in [1.29, 1.82) is 0 Å². The Kier molecular flexibility index (Phi) is 5.59. The number of hydrogen-bond acceptors (Lipinski definition) is 6. The van der Waals surface area contributed by atoms with E-state index in [1.807, 2.05) is 0 Å². The average molecular weight is 444 g/mol. The molecule has 0 unspecified atom stereocenters. The third-order valence-corrected chi connectivity index (χ3v) is 4.40. The van der Waals surface area contributed by atoms with Crippen LogP contribution in [0.15, 0.2) is 46.9 Å². The number of nitrogens with one attached hydrogen (secondary N) is 1. The molecule has 142 valence electrons. The van der Waals surface area contributed by atoms with Gasteiger partial charge in [-0.05, 0) is 17.7 Å². The van der Waals surface area contributed by atoms with E-state index < -0.39 is 29.8 Å². The summed E-state index contributed by atoms with van der Waals surface area (Å²) >= 11 is 3.26. The summed E-state index contributed by atoms with van der Waals surface area (Å²) in [7, 11) is 1.17. The average Bonchev–Trinajstić information content (AvgIpc) is 3.21. The molecule has 3 rings (SSSR count). The van der Waals surface area contributed by atoms with E-state index in [9.17, 15) is 18.0 Å². The molecule has 1 aliphatic heterocycles. The predicted octanol–water partition coefficient (Wildman–Crippen LogP) is 2.73. The summed E-state index contributed by atoms with van der Waals surface area (Å²) in [6, 6.07) is 1.79. The quantitative estimate of drug-likeness (QED) is 0.580. The van der Waals surface area contributed by atoms with E-state index >= 15 is 0 Å². The van der Waals surface area contributed by atoms with Gasteiger partial charge in [-0.25, -0.2) is 23.0 Å². The molecule has 27 heavy (non-hydrogen) atoms. The fourth-order valence-corrected chi connectivity index (χ4v) is 3.11. The Labute approximate surface area is 160 Å². The maximum atomic E-state index is 13.5. The Morgan fingerprint density at radius 1 is 1.37 bits per heavy atom. The summed E-state index contributed by atoms with van der Waals surface area (Å²) in [4.78, 5) is 17.8. The largest absolute Gasteiger partial charge is 0.466 e. The Morgan fingerprint density at radius 3 is 2.67 bits per heavy atom. The first-order chi connectivity index (χ1) is 13.0. The summed E-state index contributed by atoms with van der Waals surface area (Å²) in [5.74, 6) is -1.44. The van der Waals surface area contributed by atoms with Crippen molar-refractivity contribution in [3.63, 3.8) is 0 Å². The number of carbonyl (C=O) groups excluding carboxylic acids is 1. The molecule has 1 N–H and O–H groups in total. The first kappa shape index (κ1) is 19.1. The van der Waals surface area contributed by atoms with Crippen LogP contribution in [0, 0.1) is 5.82 Å². The van der Waals surface area contributed by atoms with Gasteiger partial charge in [0.25, 0.3) is 6.43 Å². The molecule has 2 heterocycles. The van der Waals surface area contributed by atoms with Gasteiger partial charge in [0, 0.05) is 16.6 Å². The molecule has 0 aliphatic carbocycles. The molecule has 0 saturated carbocycles. The number of rotatable bonds is 4. The Balaban J connectivity index is 2.22. The van der Waals surface area contributed by atoms with Gasteiger partial charge in [0.2, 0.25) is 5.96 Å². The lowest BCUT2D eigenvalue weighted by Crippen LogP contribution is -2.39. The minimum Gasteiger partial charge on any atom is -0.466 e. The lowest BCUT2D eigenvalue weighted by molar-refractivity contribution is -0.136. The number of halogens is 4. The Hall–Kier alpha value is -2.69. The van der Waals surface area contributed by atoms with E-state index in [0.29, 0.717) is 5.70 Å². The normalized spacial score (nSPS) is 17.0. The molecule has 0 saturated heterocycles. The van der Waals surface area contributed by atoms with E-state index in [1.165, 1.54) is 25.6 Å². The van der Waals surface area contributed by atoms with Crippen molar-refractivity contribution in [2.45, 2.75) is 12.5 Å². The molecule has 0 bridgehead atoms. The number of nitrogens with zero attached hydrogens (tertiary/aromatic N) is 4. The molecule has 2 aromatic rings. The van der Waals surface area contributed by atoms with Gasteiger partial charge in [0.05, 0.1) is 25.1 Å². The highest BCUT2D eigenvalue weighted by Gasteiger charge is 2.34. The molecule has 1 atom stereocenters. The molecular formula is C16H13BrF3N5O2. The number of ether oxygens (including phenoxy) is 1. The Bertz CT molecular complexity index is 915. The first-order valence-corrected chi connectivity index (χ1v) is 8.74. The summed E-state index contributed by atoms with van der Waals surface area (Å²) in [6.07, 6.45) is -0.136. The standard InChI is InChI=1S/C16H13BrF3N5O2/c1-27-15(26)12-11(7-17)23-16(25-21-4-5-22-25)24-13(12)9-3-2-8(18)6-10(9)14(19)20/h2-6,13-14H,7H2,1H3,(H,23,24)/t13-/m0/s1. The third-order valence-electron chi connectivity index (χ3n) is 3.84. The molecule has 11 heteroatoms. The van der Waals surface area contributed by atoms with Crippen LogP contribution in [0.1, 0.15) is 23.6 Å². The Morgan fingerprint density at radius 2 is 2.07 bits per heavy atom. The van der Waals surface area contributed by atoms with Gasteiger partial charge in [0.1, 0.15) is 11.9 Å². The van der Waals surface area contributed by atoms with E-state index in [2.05, 4.69) is 36.4 Å². The molecule has 1 aromatic carbocycles. The zero-order valence-electron chi connectivity index (χ0n) is 13.9. The van der Waals surface area contributed by atoms with Crippen molar-refractivity contribution in [1.82, 2.24) is 20.3 Å². The van der Waals surface area contributed by atoms with Gasteiger partial charge in [-0.3, -0.25) is 0 Å². The van der Waals surface area contributed by atoms with Crippen LogP contribution in [0.2, 0.25) is 0 Å². The van der Waals surface area contributed by atoms with Gasteiger partial charge in [-0.1, -0.05) is 22.0 Å². The van der Waals surface area contributed by atoms with Crippen molar-refractivity contribution >= 4 is 27.9 Å². The van der Waals surface area contributed by atoms with Crippen molar-refractivity contribution in [3.8, 4) is 0 Å². The number of methoxy groups -OCH3 is 1. The number of aromatic nitrogens is 3. The fraction of sp³-hybridized carbons (Fsp3) is 0.250. The van der Waals surface area contributed by atoms with Gasteiger partial charge in [-0.15, -0.1) is 4.80 Å². The fourth-order valence-electron chi connectivity index (χ4n) is 2.67. The number of esters is 1. The smallest absolute Gasteiger partial charge is 0.338 e. The highest BCUT2D eigenvalue weighted by Crippen LogP contribution is 2.37. The van der Waals surface area contributed by atoms with Crippen LogP contribution >= 0.6 is 15.9 Å². The molecule has 7 nitrogen and oxygen atoms in total. The van der Waals surface area contributed by atoms with E-state index in [1.54, 1.807) is 0 Å². The predicted molar refractivity (Wildman–Crippen MR) is 92.9 cm³/mol. The minimum atomic E-state index is -2.96. The summed E-state index contributed by atoms with van der Waals surface area (Å²) in [6.45, 7) is 0. The molecule has 1 aromatic heterocycles. The zero-order valence-corrected chi connectivity index (χ0v) is 15.5. The maximum Gasteiger partial charge on any atom is 0.338 e. The highest BCUT2D eigenvalue weighted by molar-refractivity contribution is 9.09. The van der Waals surface area contributed by atoms with Crippen LogP contribution in [-0.4, -0.2) is 39.4 Å². The van der Waals surface area contributed by atoms with Crippen LogP contribution < -0.4 is 5.32 Å². The van der Waals surface area contributed by atoms with Crippen LogP contribution in [0.25, 0.3) is 0 Å². The van der Waals surface area contributed by atoms with Gasteiger partial charge >= 0.3 is 5.97 Å². The SMILES string of the molecule is COC(=O)C1=C(CBr)NC(n2nccn2)=N[C@H]1c1ccc(F)cc1C(F)F. The molecule has 0 fully saturated rings. The summed E-state index contributed by atoms with van der Waals surface area (Å²) in [5.41, 5.74) is -0.206. The first-order valence-electron chi connectivity index (χ1n) is 7.62. The monoisotopic (exact) mass is 443 g/mol. The number of carbonyl (C=O) groups is 1. The van der Waals surface area contributed by atoms with Crippen LogP contribution in [-0.2, 0) is 9.53 Å². The molecule has 1 aliphatic rings. The lowest BCUT2D eigenvalue weighted by atomic mass is 9.92. The number of allylic oxidation sites excluding steroid dienone is 1.